The van der Waals surface area contributed by atoms with E-state index < -0.39 is 5.60 Å². The van der Waals surface area contributed by atoms with Crippen LogP contribution in [0.2, 0.25) is 0 Å². The Balaban J connectivity index is 2.79. The van der Waals surface area contributed by atoms with E-state index in [-0.39, 0.29) is 6.10 Å². The van der Waals surface area contributed by atoms with Gasteiger partial charge >= 0.3 is 0 Å². The molecule has 3 unspecified atom stereocenters. The zero-order valence-electron chi connectivity index (χ0n) is 9.75. The molecule has 0 saturated heterocycles. The molecular weight excluding hydrogens is 176 g/mol. The molecule has 0 radical (unpaired) electrons. The molecule has 0 aromatic heterocycles. The highest BCUT2D eigenvalue weighted by Gasteiger charge is 2.43. The molecule has 0 bridgehead atoms. The Kier molecular flexibility index (Phi) is 3.71. The van der Waals surface area contributed by atoms with Crippen LogP contribution in [0.3, 0.4) is 0 Å². The second-order valence-corrected chi connectivity index (χ2v) is 4.90. The van der Waals surface area contributed by atoms with Crippen molar-refractivity contribution in [3.05, 3.63) is 0 Å². The van der Waals surface area contributed by atoms with Gasteiger partial charge in [-0.1, -0.05) is 20.3 Å². The van der Waals surface area contributed by atoms with Crippen LogP contribution in [0.4, 0.5) is 0 Å². The molecule has 0 aromatic carbocycles. The predicted octanol–water partition coefficient (Wildman–Crippen LogP) is 2.81. The van der Waals surface area contributed by atoms with E-state index in [4.69, 9.17) is 4.74 Å². The van der Waals surface area contributed by atoms with Gasteiger partial charge in [-0.25, -0.2) is 0 Å². The Hall–Kier alpha value is -0.370. The van der Waals surface area contributed by atoms with Crippen molar-refractivity contribution >= 4 is 6.29 Å². The molecular formula is C12H22O2. The van der Waals surface area contributed by atoms with Crippen molar-refractivity contribution < 1.29 is 9.53 Å². The SMILES string of the molecule is CC(C)OC1(C=O)CCCC(C)C1C. The summed E-state index contributed by atoms with van der Waals surface area (Å²) in [6, 6.07) is 0. The minimum atomic E-state index is -0.508. The summed E-state index contributed by atoms with van der Waals surface area (Å²) < 4.78 is 5.84. The normalized spacial score (nSPS) is 38.6. The lowest BCUT2D eigenvalue weighted by molar-refractivity contribution is -0.159. The molecule has 0 aromatic rings. The summed E-state index contributed by atoms with van der Waals surface area (Å²) in [5.74, 6) is 0.934. The fourth-order valence-electron chi connectivity index (χ4n) is 2.46. The van der Waals surface area contributed by atoms with Crippen LogP contribution in [0.5, 0.6) is 0 Å². The lowest BCUT2D eigenvalue weighted by atomic mass is 9.71. The van der Waals surface area contributed by atoms with Gasteiger partial charge in [0.25, 0.3) is 0 Å². The lowest BCUT2D eigenvalue weighted by Crippen LogP contribution is -2.48. The highest BCUT2D eigenvalue weighted by Crippen LogP contribution is 2.39. The Morgan fingerprint density at radius 2 is 2.07 bits per heavy atom. The average Bonchev–Trinajstić information content (AvgIpc) is 2.12. The van der Waals surface area contributed by atoms with Crippen LogP contribution in [0, 0.1) is 11.8 Å². The van der Waals surface area contributed by atoms with Gasteiger partial charge in [-0.3, -0.25) is 0 Å². The van der Waals surface area contributed by atoms with Crippen LogP contribution in [0.1, 0.15) is 47.0 Å². The fourth-order valence-corrected chi connectivity index (χ4v) is 2.46. The summed E-state index contributed by atoms with van der Waals surface area (Å²) in [5.41, 5.74) is -0.508. The zero-order chi connectivity index (χ0) is 10.8. The molecule has 0 aliphatic heterocycles. The van der Waals surface area contributed by atoms with Crippen molar-refractivity contribution in [2.75, 3.05) is 0 Å². The maximum atomic E-state index is 11.2. The van der Waals surface area contributed by atoms with Crippen LogP contribution in [0.25, 0.3) is 0 Å². The van der Waals surface area contributed by atoms with Crippen molar-refractivity contribution in [3.63, 3.8) is 0 Å². The first-order valence-corrected chi connectivity index (χ1v) is 5.66. The second-order valence-electron chi connectivity index (χ2n) is 4.90. The van der Waals surface area contributed by atoms with Gasteiger partial charge in [0.2, 0.25) is 0 Å². The maximum absolute atomic E-state index is 11.2. The van der Waals surface area contributed by atoms with E-state index in [1.807, 2.05) is 13.8 Å². The van der Waals surface area contributed by atoms with E-state index >= 15 is 0 Å². The van der Waals surface area contributed by atoms with Crippen molar-refractivity contribution in [3.8, 4) is 0 Å². The number of carbonyl (C=O) groups is 1. The van der Waals surface area contributed by atoms with Gasteiger partial charge in [-0.05, 0) is 38.5 Å². The quantitative estimate of drug-likeness (QED) is 0.652. The molecule has 0 heterocycles. The number of rotatable bonds is 3. The van der Waals surface area contributed by atoms with Crippen LogP contribution >= 0.6 is 0 Å². The molecule has 1 saturated carbocycles. The molecule has 1 fully saturated rings. The monoisotopic (exact) mass is 198 g/mol. The summed E-state index contributed by atoms with van der Waals surface area (Å²) in [4.78, 5) is 11.2. The number of carbonyl (C=O) groups excluding carboxylic acids is 1. The third-order valence-electron chi connectivity index (χ3n) is 3.51. The minimum Gasteiger partial charge on any atom is -0.365 e. The molecule has 1 aliphatic carbocycles. The highest BCUT2D eigenvalue weighted by atomic mass is 16.5. The first-order chi connectivity index (χ1) is 6.52. The first-order valence-electron chi connectivity index (χ1n) is 5.66. The van der Waals surface area contributed by atoms with Gasteiger partial charge < -0.3 is 9.53 Å². The van der Waals surface area contributed by atoms with Crippen LogP contribution in [-0.4, -0.2) is 18.0 Å². The first kappa shape index (κ1) is 11.7. The Labute approximate surface area is 87.0 Å². The lowest BCUT2D eigenvalue weighted by Gasteiger charge is -2.42. The Morgan fingerprint density at radius 3 is 2.57 bits per heavy atom. The standard InChI is InChI=1S/C12H22O2/c1-9(2)14-12(8-13)7-5-6-10(3)11(12)4/h8-11H,5-7H2,1-4H3. The van der Waals surface area contributed by atoms with Crippen LogP contribution in [-0.2, 0) is 9.53 Å². The molecule has 0 amide bonds. The van der Waals surface area contributed by atoms with Gasteiger partial charge in [0.1, 0.15) is 5.60 Å². The molecule has 2 heteroatoms. The van der Waals surface area contributed by atoms with Gasteiger partial charge in [-0.15, -0.1) is 0 Å². The maximum Gasteiger partial charge on any atom is 0.152 e. The van der Waals surface area contributed by atoms with Gasteiger partial charge in [-0.2, -0.15) is 0 Å². The van der Waals surface area contributed by atoms with Crippen molar-refractivity contribution in [1.82, 2.24) is 0 Å². The van der Waals surface area contributed by atoms with Crippen LogP contribution < -0.4 is 0 Å². The molecule has 2 nitrogen and oxygen atoms in total. The van der Waals surface area contributed by atoms with E-state index in [0.717, 1.165) is 19.1 Å². The number of aldehydes is 1. The van der Waals surface area contributed by atoms with Gasteiger partial charge in [0.05, 0.1) is 6.10 Å². The molecule has 82 valence electrons. The Bertz CT molecular complexity index is 200. The summed E-state index contributed by atoms with van der Waals surface area (Å²) >= 11 is 0. The Morgan fingerprint density at radius 1 is 1.43 bits per heavy atom. The van der Waals surface area contributed by atoms with Crippen molar-refractivity contribution in [2.45, 2.75) is 58.7 Å². The van der Waals surface area contributed by atoms with E-state index in [9.17, 15) is 4.79 Å². The number of hydrogen-bond donors (Lipinski definition) is 0. The third-order valence-corrected chi connectivity index (χ3v) is 3.51. The van der Waals surface area contributed by atoms with Crippen LogP contribution in [0.15, 0.2) is 0 Å². The van der Waals surface area contributed by atoms with Crippen molar-refractivity contribution in [1.29, 1.82) is 0 Å². The molecule has 0 N–H and O–H groups in total. The molecule has 3 atom stereocenters. The number of ether oxygens (including phenoxy) is 1. The smallest absolute Gasteiger partial charge is 0.152 e. The molecule has 0 spiro atoms. The topological polar surface area (TPSA) is 26.3 Å². The van der Waals surface area contributed by atoms with E-state index in [0.29, 0.717) is 11.8 Å². The van der Waals surface area contributed by atoms with E-state index in [2.05, 4.69) is 13.8 Å². The van der Waals surface area contributed by atoms with Crippen molar-refractivity contribution in [2.24, 2.45) is 11.8 Å². The van der Waals surface area contributed by atoms with E-state index in [1.165, 1.54) is 6.42 Å². The predicted molar refractivity (Wildman–Crippen MR) is 57.2 cm³/mol. The summed E-state index contributed by atoms with van der Waals surface area (Å²) in [5, 5.41) is 0. The zero-order valence-corrected chi connectivity index (χ0v) is 9.75. The minimum absolute atomic E-state index is 0.132. The summed E-state index contributed by atoms with van der Waals surface area (Å²) in [7, 11) is 0. The largest absolute Gasteiger partial charge is 0.365 e. The van der Waals surface area contributed by atoms with Gasteiger partial charge in [0, 0.05) is 0 Å². The highest BCUT2D eigenvalue weighted by molar-refractivity contribution is 5.63. The molecule has 1 rings (SSSR count). The second kappa shape index (κ2) is 4.43. The molecule has 1 aliphatic rings. The summed E-state index contributed by atoms with van der Waals surface area (Å²) in [6.45, 7) is 8.35. The molecule has 14 heavy (non-hydrogen) atoms. The average molecular weight is 198 g/mol. The third kappa shape index (κ3) is 2.17. The summed E-state index contributed by atoms with van der Waals surface area (Å²) in [6.07, 6.45) is 4.39. The van der Waals surface area contributed by atoms with Gasteiger partial charge in [0.15, 0.2) is 6.29 Å². The van der Waals surface area contributed by atoms with E-state index in [1.54, 1.807) is 0 Å². The fraction of sp³-hybridized carbons (Fsp3) is 0.917. The number of hydrogen-bond acceptors (Lipinski definition) is 2.